The van der Waals surface area contributed by atoms with Gasteiger partial charge in [0.1, 0.15) is 0 Å². The summed E-state index contributed by atoms with van der Waals surface area (Å²) in [7, 11) is -3.38. The molecule has 0 aromatic heterocycles. The summed E-state index contributed by atoms with van der Waals surface area (Å²) in [6, 6.07) is 6.68. The van der Waals surface area contributed by atoms with Crippen molar-refractivity contribution in [3.05, 3.63) is 28.7 Å². The van der Waals surface area contributed by atoms with Gasteiger partial charge in [-0.15, -0.1) is 0 Å². The highest BCUT2D eigenvalue weighted by Crippen LogP contribution is 2.26. The highest BCUT2D eigenvalue weighted by Gasteiger charge is 2.31. The molecule has 1 N–H and O–H groups in total. The van der Waals surface area contributed by atoms with Gasteiger partial charge in [-0.05, 0) is 43.0 Å². The summed E-state index contributed by atoms with van der Waals surface area (Å²) in [5.41, 5.74) is 0. The van der Waals surface area contributed by atoms with Crippen LogP contribution in [-0.2, 0) is 10.0 Å². The van der Waals surface area contributed by atoms with E-state index in [1.54, 1.807) is 24.3 Å². The molecule has 0 radical (unpaired) electrons. The zero-order valence-corrected chi connectivity index (χ0v) is 12.3. The summed E-state index contributed by atoms with van der Waals surface area (Å²) < 4.78 is 27.1. The number of aliphatic hydroxyl groups excluding tert-OH is 1. The van der Waals surface area contributed by atoms with Crippen LogP contribution in [0.2, 0.25) is 0 Å². The fraction of sp³-hybridized carbons (Fsp3) is 0.500. The van der Waals surface area contributed by atoms with Crippen molar-refractivity contribution in [2.24, 2.45) is 5.92 Å². The van der Waals surface area contributed by atoms with Crippen molar-refractivity contribution in [2.45, 2.75) is 17.7 Å². The van der Waals surface area contributed by atoms with E-state index in [0.717, 1.165) is 10.9 Å². The Bertz CT molecular complexity index is 501. The predicted octanol–water partition coefficient (Wildman–Crippen LogP) is 1.84. The summed E-state index contributed by atoms with van der Waals surface area (Å²) in [6.07, 6.45) is 1.50. The molecule has 0 amide bonds. The van der Waals surface area contributed by atoms with E-state index in [2.05, 4.69) is 15.9 Å². The third kappa shape index (κ3) is 2.93. The molecule has 18 heavy (non-hydrogen) atoms. The Morgan fingerprint density at radius 2 is 2.00 bits per heavy atom. The van der Waals surface area contributed by atoms with Crippen LogP contribution >= 0.6 is 15.9 Å². The van der Waals surface area contributed by atoms with Crippen LogP contribution in [0.1, 0.15) is 12.8 Å². The number of hydrogen-bond donors (Lipinski definition) is 1. The first-order valence-corrected chi connectivity index (χ1v) is 8.14. The summed E-state index contributed by atoms with van der Waals surface area (Å²) >= 11 is 3.29. The van der Waals surface area contributed by atoms with Gasteiger partial charge in [-0.2, -0.15) is 4.31 Å². The van der Waals surface area contributed by atoms with E-state index < -0.39 is 10.0 Å². The number of aliphatic hydroxyl groups is 1. The molecule has 0 bridgehead atoms. The van der Waals surface area contributed by atoms with E-state index in [1.807, 2.05) is 0 Å². The number of hydrogen-bond acceptors (Lipinski definition) is 3. The molecule has 2 rings (SSSR count). The fourth-order valence-corrected chi connectivity index (χ4v) is 3.98. The summed E-state index contributed by atoms with van der Waals surface area (Å²) in [6.45, 7) is 1.18. The average molecular weight is 334 g/mol. The van der Waals surface area contributed by atoms with Crippen LogP contribution in [0.5, 0.6) is 0 Å². The van der Waals surface area contributed by atoms with Gasteiger partial charge in [0.2, 0.25) is 10.0 Å². The SMILES string of the molecule is O=S(=O)(c1ccc(Br)cc1)N1CCC(CCO)C1. The van der Waals surface area contributed by atoms with Crippen molar-refractivity contribution in [3.63, 3.8) is 0 Å². The van der Waals surface area contributed by atoms with Crippen molar-refractivity contribution in [3.8, 4) is 0 Å². The third-order valence-corrected chi connectivity index (χ3v) is 5.65. The molecule has 1 aliphatic heterocycles. The Morgan fingerprint density at radius 3 is 2.61 bits per heavy atom. The van der Waals surface area contributed by atoms with Crippen LogP contribution in [0.25, 0.3) is 0 Å². The van der Waals surface area contributed by atoms with Gasteiger partial charge in [0.25, 0.3) is 0 Å². The van der Waals surface area contributed by atoms with Gasteiger partial charge >= 0.3 is 0 Å². The van der Waals surface area contributed by atoms with Crippen LogP contribution < -0.4 is 0 Å². The minimum Gasteiger partial charge on any atom is -0.396 e. The van der Waals surface area contributed by atoms with Gasteiger partial charge in [0.05, 0.1) is 4.90 Å². The Balaban J connectivity index is 2.15. The normalized spacial score (nSPS) is 21.3. The summed E-state index contributed by atoms with van der Waals surface area (Å²) in [4.78, 5) is 0.329. The first-order chi connectivity index (χ1) is 8.54. The smallest absolute Gasteiger partial charge is 0.243 e. The number of halogens is 1. The Morgan fingerprint density at radius 1 is 1.33 bits per heavy atom. The second kappa shape index (κ2) is 5.69. The van der Waals surface area contributed by atoms with E-state index >= 15 is 0 Å². The minimum absolute atomic E-state index is 0.122. The topological polar surface area (TPSA) is 57.6 Å². The van der Waals surface area contributed by atoms with Crippen molar-refractivity contribution in [1.29, 1.82) is 0 Å². The first-order valence-electron chi connectivity index (χ1n) is 5.90. The lowest BCUT2D eigenvalue weighted by atomic mass is 10.1. The maximum Gasteiger partial charge on any atom is 0.243 e. The summed E-state index contributed by atoms with van der Waals surface area (Å²) in [5, 5.41) is 8.89. The molecular formula is C12H16BrNO3S. The number of rotatable bonds is 4. The van der Waals surface area contributed by atoms with Crippen molar-refractivity contribution in [2.75, 3.05) is 19.7 Å². The van der Waals surface area contributed by atoms with Gasteiger partial charge in [-0.3, -0.25) is 0 Å². The molecular weight excluding hydrogens is 318 g/mol. The van der Waals surface area contributed by atoms with E-state index in [4.69, 9.17) is 5.11 Å². The minimum atomic E-state index is -3.38. The Kier molecular flexibility index (Phi) is 4.42. The van der Waals surface area contributed by atoms with Crippen molar-refractivity contribution in [1.82, 2.24) is 4.31 Å². The van der Waals surface area contributed by atoms with E-state index in [-0.39, 0.29) is 12.5 Å². The van der Waals surface area contributed by atoms with Crippen molar-refractivity contribution >= 4 is 26.0 Å². The van der Waals surface area contributed by atoms with Gasteiger partial charge in [-0.1, -0.05) is 15.9 Å². The molecule has 1 fully saturated rings. The van der Waals surface area contributed by atoms with Gasteiger partial charge < -0.3 is 5.11 Å². The molecule has 6 heteroatoms. The molecule has 0 saturated carbocycles. The van der Waals surface area contributed by atoms with Gasteiger partial charge in [0.15, 0.2) is 0 Å². The average Bonchev–Trinajstić information content (AvgIpc) is 2.79. The first kappa shape index (κ1) is 14.0. The molecule has 1 atom stereocenters. The highest BCUT2D eigenvalue weighted by molar-refractivity contribution is 9.10. The fourth-order valence-electron chi connectivity index (χ4n) is 2.19. The quantitative estimate of drug-likeness (QED) is 0.914. The third-order valence-electron chi connectivity index (χ3n) is 3.24. The second-order valence-electron chi connectivity index (χ2n) is 4.48. The standard InChI is InChI=1S/C12H16BrNO3S/c13-11-1-3-12(4-2-11)18(16,17)14-7-5-10(9-14)6-8-15/h1-4,10,15H,5-9H2. The second-order valence-corrected chi connectivity index (χ2v) is 7.34. The number of benzene rings is 1. The van der Waals surface area contributed by atoms with Crippen LogP contribution in [0.15, 0.2) is 33.6 Å². The Labute approximate surface area is 116 Å². The van der Waals surface area contributed by atoms with Crippen LogP contribution in [-0.4, -0.2) is 37.5 Å². The molecule has 100 valence electrons. The molecule has 1 unspecified atom stereocenters. The van der Waals surface area contributed by atoms with Crippen LogP contribution in [0, 0.1) is 5.92 Å². The largest absolute Gasteiger partial charge is 0.396 e. The molecule has 1 heterocycles. The molecule has 1 saturated heterocycles. The molecule has 4 nitrogen and oxygen atoms in total. The van der Waals surface area contributed by atoms with Gasteiger partial charge in [0, 0.05) is 24.2 Å². The summed E-state index contributed by atoms with van der Waals surface area (Å²) in [5.74, 6) is 0.278. The maximum atomic E-state index is 12.3. The predicted molar refractivity (Wildman–Crippen MR) is 72.7 cm³/mol. The number of nitrogens with zero attached hydrogens (tertiary/aromatic N) is 1. The number of sulfonamides is 1. The molecule has 1 aliphatic rings. The zero-order valence-electron chi connectivity index (χ0n) is 9.92. The monoisotopic (exact) mass is 333 g/mol. The van der Waals surface area contributed by atoms with E-state index in [9.17, 15) is 8.42 Å². The molecule has 0 spiro atoms. The molecule has 0 aliphatic carbocycles. The van der Waals surface area contributed by atoms with E-state index in [0.29, 0.717) is 24.4 Å². The lowest BCUT2D eigenvalue weighted by Crippen LogP contribution is -2.29. The lowest BCUT2D eigenvalue weighted by molar-refractivity contribution is 0.259. The van der Waals surface area contributed by atoms with Crippen LogP contribution in [0.4, 0.5) is 0 Å². The van der Waals surface area contributed by atoms with Crippen LogP contribution in [0.3, 0.4) is 0 Å². The Hall–Kier alpha value is -0.430. The highest BCUT2D eigenvalue weighted by atomic mass is 79.9. The maximum absolute atomic E-state index is 12.3. The lowest BCUT2D eigenvalue weighted by Gasteiger charge is -2.16. The molecule has 1 aromatic carbocycles. The zero-order chi connectivity index (χ0) is 13.2. The van der Waals surface area contributed by atoms with E-state index in [1.165, 1.54) is 4.31 Å². The molecule has 1 aromatic rings. The van der Waals surface area contributed by atoms with Gasteiger partial charge in [-0.25, -0.2) is 8.42 Å². The van der Waals surface area contributed by atoms with Crippen molar-refractivity contribution < 1.29 is 13.5 Å².